The maximum atomic E-state index is 12.7. The van der Waals surface area contributed by atoms with Gasteiger partial charge < -0.3 is 15.8 Å². The van der Waals surface area contributed by atoms with Crippen LogP contribution < -0.4 is 11.1 Å². The number of hydrogen-bond donors (Lipinski definition) is 2. The van der Waals surface area contributed by atoms with Crippen LogP contribution in [-0.4, -0.2) is 35.6 Å². The van der Waals surface area contributed by atoms with Crippen LogP contribution in [0, 0.1) is 12.3 Å². The van der Waals surface area contributed by atoms with E-state index in [0.717, 1.165) is 16.9 Å². The van der Waals surface area contributed by atoms with Crippen LogP contribution in [0.2, 0.25) is 0 Å². The van der Waals surface area contributed by atoms with Crippen molar-refractivity contribution in [3.05, 3.63) is 42.2 Å². The van der Waals surface area contributed by atoms with Gasteiger partial charge in [0.15, 0.2) is 5.82 Å². The minimum Gasteiger partial charge on any atom is -0.381 e. The molecule has 1 aliphatic rings. The number of carbonyl (C=O) groups excluding carboxylic acids is 1. The Hall–Kier alpha value is -2.31. The molecule has 0 saturated carbocycles. The summed E-state index contributed by atoms with van der Waals surface area (Å²) in [5, 5.41) is 3.00. The van der Waals surface area contributed by atoms with Crippen molar-refractivity contribution in [3.63, 3.8) is 0 Å². The van der Waals surface area contributed by atoms with Gasteiger partial charge in [0.05, 0.1) is 5.41 Å². The van der Waals surface area contributed by atoms with E-state index in [0.29, 0.717) is 38.4 Å². The van der Waals surface area contributed by atoms with Crippen LogP contribution in [0.25, 0.3) is 11.4 Å². The molecule has 6 heteroatoms. The predicted octanol–water partition coefficient (Wildman–Crippen LogP) is 2.15. The van der Waals surface area contributed by atoms with E-state index in [2.05, 4.69) is 15.3 Å². The number of aryl methyl sites for hydroxylation is 1. The van der Waals surface area contributed by atoms with Crippen molar-refractivity contribution in [2.24, 2.45) is 11.1 Å². The third kappa shape index (κ3) is 3.44. The largest absolute Gasteiger partial charge is 0.381 e. The van der Waals surface area contributed by atoms with Crippen LogP contribution in [-0.2, 0) is 9.53 Å². The van der Waals surface area contributed by atoms with Crippen molar-refractivity contribution in [2.45, 2.75) is 19.8 Å². The maximum Gasteiger partial charge on any atom is 0.232 e. The second kappa shape index (κ2) is 7.07. The molecule has 1 saturated heterocycles. The SMILES string of the molecule is Cc1ccnc(-c2cccc(NC(=O)C3(CN)CCOCC3)c2)n1. The van der Waals surface area contributed by atoms with E-state index in [9.17, 15) is 4.79 Å². The van der Waals surface area contributed by atoms with Crippen LogP contribution in [0.3, 0.4) is 0 Å². The molecule has 1 aromatic heterocycles. The summed E-state index contributed by atoms with van der Waals surface area (Å²) in [6.07, 6.45) is 3.03. The first-order chi connectivity index (χ1) is 11.6. The number of aromatic nitrogens is 2. The fourth-order valence-corrected chi connectivity index (χ4v) is 2.87. The molecule has 0 bridgehead atoms. The summed E-state index contributed by atoms with van der Waals surface area (Å²) in [6.45, 7) is 3.39. The highest BCUT2D eigenvalue weighted by Gasteiger charge is 2.38. The molecular formula is C18H22N4O2. The van der Waals surface area contributed by atoms with Crippen LogP contribution in [0.5, 0.6) is 0 Å². The van der Waals surface area contributed by atoms with Gasteiger partial charge in [0.25, 0.3) is 0 Å². The zero-order valence-electron chi connectivity index (χ0n) is 13.8. The average molecular weight is 326 g/mol. The van der Waals surface area contributed by atoms with Crippen LogP contribution in [0.1, 0.15) is 18.5 Å². The van der Waals surface area contributed by atoms with E-state index < -0.39 is 5.41 Å². The van der Waals surface area contributed by atoms with Crippen LogP contribution in [0.15, 0.2) is 36.5 Å². The average Bonchev–Trinajstić information content (AvgIpc) is 2.62. The number of rotatable bonds is 4. The molecule has 3 rings (SSSR count). The number of nitrogens with two attached hydrogens (primary N) is 1. The van der Waals surface area contributed by atoms with Gasteiger partial charge in [-0.05, 0) is 38.0 Å². The summed E-state index contributed by atoms with van der Waals surface area (Å²) in [5.74, 6) is 0.598. The standard InChI is InChI=1S/C18H22N4O2/c1-13-5-8-20-16(21-13)14-3-2-4-15(11-14)22-17(23)18(12-19)6-9-24-10-7-18/h2-5,8,11H,6-7,9-10,12,19H2,1H3,(H,22,23). The summed E-state index contributed by atoms with van der Waals surface area (Å²) in [5.41, 5.74) is 7.84. The van der Waals surface area contributed by atoms with Crippen molar-refractivity contribution in [3.8, 4) is 11.4 Å². The van der Waals surface area contributed by atoms with Crippen molar-refractivity contribution >= 4 is 11.6 Å². The molecule has 1 amide bonds. The van der Waals surface area contributed by atoms with Crippen molar-refractivity contribution < 1.29 is 9.53 Å². The molecule has 3 N–H and O–H groups in total. The monoisotopic (exact) mass is 326 g/mol. The van der Waals surface area contributed by atoms with Gasteiger partial charge in [0, 0.05) is 42.9 Å². The van der Waals surface area contributed by atoms with Gasteiger partial charge in [-0.25, -0.2) is 9.97 Å². The van der Waals surface area contributed by atoms with E-state index in [1.54, 1.807) is 6.20 Å². The molecule has 1 fully saturated rings. The lowest BCUT2D eigenvalue weighted by Gasteiger charge is -2.34. The van der Waals surface area contributed by atoms with E-state index in [1.807, 2.05) is 37.3 Å². The Kier molecular flexibility index (Phi) is 4.87. The fraction of sp³-hybridized carbons (Fsp3) is 0.389. The van der Waals surface area contributed by atoms with E-state index in [4.69, 9.17) is 10.5 Å². The smallest absolute Gasteiger partial charge is 0.232 e. The number of hydrogen-bond acceptors (Lipinski definition) is 5. The van der Waals surface area contributed by atoms with Gasteiger partial charge >= 0.3 is 0 Å². The number of nitrogens with zero attached hydrogens (tertiary/aromatic N) is 2. The number of carbonyl (C=O) groups is 1. The maximum absolute atomic E-state index is 12.7. The van der Waals surface area contributed by atoms with Gasteiger partial charge in [0.2, 0.25) is 5.91 Å². The molecule has 0 aliphatic carbocycles. The second-order valence-electron chi connectivity index (χ2n) is 6.15. The Bertz CT molecular complexity index is 726. The first-order valence-corrected chi connectivity index (χ1v) is 8.12. The topological polar surface area (TPSA) is 90.1 Å². The van der Waals surface area contributed by atoms with E-state index >= 15 is 0 Å². The molecular weight excluding hydrogens is 304 g/mol. The highest BCUT2D eigenvalue weighted by Crippen LogP contribution is 2.31. The van der Waals surface area contributed by atoms with Gasteiger partial charge in [-0.2, -0.15) is 0 Å². The second-order valence-corrected chi connectivity index (χ2v) is 6.15. The van der Waals surface area contributed by atoms with Gasteiger partial charge in [-0.15, -0.1) is 0 Å². The molecule has 2 heterocycles. The third-order valence-electron chi connectivity index (χ3n) is 4.50. The predicted molar refractivity (Wildman–Crippen MR) is 92.4 cm³/mol. The number of benzene rings is 1. The van der Waals surface area contributed by atoms with E-state index in [-0.39, 0.29) is 5.91 Å². The first-order valence-electron chi connectivity index (χ1n) is 8.12. The number of amides is 1. The molecule has 6 nitrogen and oxygen atoms in total. The summed E-state index contributed by atoms with van der Waals surface area (Å²) < 4.78 is 5.36. The molecule has 0 unspecified atom stereocenters. The van der Waals surface area contributed by atoms with Gasteiger partial charge in [-0.1, -0.05) is 12.1 Å². The van der Waals surface area contributed by atoms with Crippen molar-refractivity contribution in [1.82, 2.24) is 9.97 Å². The summed E-state index contributed by atoms with van der Waals surface area (Å²) in [7, 11) is 0. The zero-order valence-corrected chi connectivity index (χ0v) is 13.8. The Balaban J connectivity index is 1.80. The molecule has 126 valence electrons. The quantitative estimate of drug-likeness (QED) is 0.898. The lowest BCUT2D eigenvalue weighted by atomic mass is 9.79. The van der Waals surface area contributed by atoms with Crippen LogP contribution >= 0.6 is 0 Å². The van der Waals surface area contributed by atoms with E-state index in [1.165, 1.54) is 0 Å². The minimum atomic E-state index is -0.548. The van der Waals surface area contributed by atoms with Gasteiger partial charge in [-0.3, -0.25) is 4.79 Å². The Labute approximate surface area is 141 Å². The molecule has 1 aliphatic heterocycles. The normalized spacial score (nSPS) is 16.6. The third-order valence-corrected chi connectivity index (χ3v) is 4.50. The molecule has 0 spiro atoms. The highest BCUT2D eigenvalue weighted by molar-refractivity contribution is 5.96. The summed E-state index contributed by atoms with van der Waals surface area (Å²) >= 11 is 0. The molecule has 1 aromatic carbocycles. The molecule has 0 atom stereocenters. The lowest BCUT2D eigenvalue weighted by Crippen LogP contribution is -2.46. The summed E-state index contributed by atoms with van der Waals surface area (Å²) in [6, 6.07) is 9.41. The lowest BCUT2D eigenvalue weighted by molar-refractivity contribution is -0.130. The molecule has 24 heavy (non-hydrogen) atoms. The zero-order chi connectivity index (χ0) is 17.0. The summed E-state index contributed by atoms with van der Waals surface area (Å²) in [4.78, 5) is 21.5. The number of nitrogens with one attached hydrogen (secondary N) is 1. The molecule has 2 aromatic rings. The Morgan fingerprint density at radius 1 is 1.33 bits per heavy atom. The Morgan fingerprint density at radius 3 is 2.83 bits per heavy atom. The number of ether oxygens (including phenoxy) is 1. The number of anilines is 1. The van der Waals surface area contributed by atoms with Gasteiger partial charge in [0.1, 0.15) is 0 Å². The minimum absolute atomic E-state index is 0.0457. The first kappa shape index (κ1) is 16.5. The van der Waals surface area contributed by atoms with Crippen LogP contribution in [0.4, 0.5) is 5.69 Å². The highest BCUT2D eigenvalue weighted by atomic mass is 16.5. The molecule has 0 radical (unpaired) electrons. The Morgan fingerprint density at radius 2 is 2.12 bits per heavy atom. The fourth-order valence-electron chi connectivity index (χ4n) is 2.87. The van der Waals surface area contributed by atoms with Crippen molar-refractivity contribution in [2.75, 3.05) is 25.1 Å². The van der Waals surface area contributed by atoms with Crippen molar-refractivity contribution in [1.29, 1.82) is 0 Å².